The SMILES string of the molecule is CNC(S)c1ccc(C)cc1. The summed E-state index contributed by atoms with van der Waals surface area (Å²) in [7, 11) is 1.90. The predicted molar refractivity (Wildman–Crippen MR) is 52.0 cm³/mol. The molecule has 0 radical (unpaired) electrons. The van der Waals surface area contributed by atoms with Crippen molar-refractivity contribution in [3.8, 4) is 0 Å². The molecule has 1 N–H and O–H groups in total. The minimum atomic E-state index is 0.149. The van der Waals surface area contributed by atoms with E-state index in [1.807, 2.05) is 7.05 Å². The van der Waals surface area contributed by atoms with Crippen LogP contribution in [0.4, 0.5) is 0 Å². The summed E-state index contributed by atoms with van der Waals surface area (Å²) in [6.07, 6.45) is 0. The van der Waals surface area contributed by atoms with Crippen LogP contribution in [0, 0.1) is 6.92 Å². The van der Waals surface area contributed by atoms with E-state index >= 15 is 0 Å². The van der Waals surface area contributed by atoms with Crippen molar-refractivity contribution in [2.24, 2.45) is 0 Å². The smallest absolute Gasteiger partial charge is 0.0757 e. The molecule has 1 rings (SSSR count). The van der Waals surface area contributed by atoms with E-state index < -0.39 is 0 Å². The van der Waals surface area contributed by atoms with Gasteiger partial charge in [0, 0.05) is 0 Å². The van der Waals surface area contributed by atoms with Crippen molar-refractivity contribution in [2.75, 3.05) is 7.05 Å². The zero-order valence-electron chi connectivity index (χ0n) is 6.83. The molecular weight excluding hydrogens is 154 g/mol. The summed E-state index contributed by atoms with van der Waals surface area (Å²) in [4.78, 5) is 0. The van der Waals surface area contributed by atoms with E-state index in [2.05, 4.69) is 49.1 Å². The van der Waals surface area contributed by atoms with Gasteiger partial charge >= 0.3 is 0 Å². The number of nitrogens with one attached hydrogen (secondary N) is 1. The Kier molecular flexibility index (Phi) is 2.97. The van der Waals surface area contributed by atoms with Gasteiger partial charge in [-0.1, -0.05) is 29.8 Å². The molecule has 11 heavy (non-hydrogen) atoms. The maximum absolute atomic E-state index is 4.34. The number of aryl methyl sites for hydroxylation is 1. The third kappa shape index (κ3) is 2.24. The van der Waals surface area contributed by atoms with Crippen LogP contribution in [0.15, 0.2) is 24.3 Å². The molecule has 0 saturated heterocycles. The van der Waals surface area contributed by atoms with Gasteiger partial charge in [-0.25, -0.2) is 0 Å². The standard InChI is InChI=1S/C9H13NS/c1-7-3-5-8(6-4-7)9(11)10-2/h3-6,9-11H,1-2H3. The first-order chi connectivity index (χ1) is 5.24. The van der Waals surface area contributed by atoms with Crippen LogP contribution in [0.25, 0.3) is 0 Å². The maximum atomic E-state index is 4.34. The number of benzene rings is 1. The van der Waals surface area contributed by atoms with Gasteiger partial charge in [0.25, 0.3) is 0 Å². The largest absolute Gasteiger partial charge is 0.305 e. The van der Waals surface area contributed by atoms with Crippen molar-refractivity contribution in [1.29, 1.82) is 0 Å². The topological polar surface area (TPSA) is 12.0 Å². The molecule has 2 heteroatoms. The second-order valence-electron chi connectivity index (χ2n) is 2.60. The summed E-state index contributed by atoms with van der Waals surface area (Å²) >= 11 is 4.34. The lowest BCUT2D eigenvalue weighted by Crippen LogP contribution is -2.09. The Labute approximate surface area is 73.2 Å². The van der Waals surface area contributed by atoms with Crippen molar-refractivity contribution in [3.63, 3.8) is 0 Å². The van der Waals surface area contributed by atoms with Crippen LogP contribution in [0.2, 0.25) is 0 Å². The molecule has 1 aromatic rings. The molecule has 0 aliphatic heterocycles. The van der Waals surface area contributed by atoms with Crippen molar-refractivity contribution in [2.45, 2.75) is 12.3 Å². The van der Waals surface area contributed by atoms with E-state index in [1.165, 1.54) is 11.1 Å². The Hall–Kier alpha value is -0.470. The number of hydrogen-bond acceptors (Lipinski definition) is 2. The summed E-state index contributed by atoms with van der Waals surface area (Å²) in [6, 6.07) is 8.36. The van der Waals surface area contributed by atoms with Gasteiger partial charge in [0.1, 0.15) is 0 Å². The highest BCUT2D eigenvalue weighted by Gasteiger charge is 2.00. The molecule has 1 aromatic carbocycles. The van der Waals surface area contributed by atoms with Crippen LogP contribution in [-0.2, 0) is 0 Å². The zero-order valence-corrected chi connectivity index (χ0v) is 7.73. The van der Waals surface area contributed by atoms with Gasteiger partial charge in [0.05, 0.1) is 5.37 Å². The third-order valence-electron chi connectivity index (χ3n) is 1.67. The molecule has 0 bridgehead atoms. The van der Waals surface area contributed by atoms with Crippen LogP contribution in [0.1, 0.15) is 16.5 Å². The van der Waals surface area contributed by atoms with Crippen LogP contribution in [0.3, 0.4) is 0 Å². The van der Waals surface area contributed by atoms with Crippen molar-refractivity contribution >= 4 is 12.6 Å². The number of thiol groups is 1. The highest BCUT2D eigenvalue weighted by molar-refractivity contribution is 7.80. The monoisotopic (exact) mass is 167 g/mol. The van der Waals surface area contributed by atoms with Gasteiger partial charge < -0.3 is 5.32 Å². The maximum Gasteiger partial charge on any atom is 0.0757 e. The Morgan fingerprint density at radius 1 is 1.27 bits per heavy atom. The lowest BCUT2D eigenvalue weighted by atomic mass is 10.1. The molecule has 0 aliphatic carbocycles. The second kappa shape index (κ2) is 3.79. The normalized spacial score (nSPS) is 13.0. The molecule has 60 valence electrons. The van der Waals surface area contributed by atoms with E-state index in [4.69, 9.17) is 0 Å². The summed E-state index contributed by atoms with van der Waals surface area (Å²) in [6.45, 7) is 2.08. The third-order valence-corrected chi connectivity index (χ3v) is 2.22. The van der Waals surface area contributed by atoms with Crippen LogP contribution >= 0.6 is 12.6 Å². The van der Waals surface area contributed by atoms with Gasteiger partial charge in [0.15, 0.2) is 0 Å². The van der Waals surface area contributed by atoms with Crippen molar-refractivity contribution < 1.29 is 0 Å². The Bertz CT molecular complexity index is 218. The molecule has 0 aromatic heterocycles. The van der Waals surface area contributed by atoms with Gasteiger partial charge in [-0.15, -0.1) is 0 Å². The first-order valence-electron chi connectivity index (χ1n) is 3.66. The van der Waals surface area contributed by atoms with Crippen LogP contribution in [0.5, 0.6) is 0 Å². The van der Waals surface area contributed by atoms with Crippen molar-refractivity contribution in [1.82, 2.24) is 5.32 Å². The molecule has 1 nitrogen and oxygen atoms in total. The fraction of sp³-hybridized carbons (Fsp3) is 0.333. The summed E-state index contributed by atoms with van der Waals surface area (Å²) < 4.78 is 0. The highest BCUT2D eigenvalue weighted by Crippen LogP contribution is 2.15. The lowest BCUT2D eigenvalue weighted by molar-refractivity contribution is 0.800. The molecular formula is C9H13NS. The molecule has 0 amide bonds. The predicted octanol–water partition coefficient (Wildman–Crippen LogP) is 2.14. The molecule has 1 atom stereocenters. The first-order valence-corrected chi connectivity index (χ1v) is 4.17. The lowest BCUT2D eigenvalue weighted by Gasteiger charge is -2.08. The zero-order chi connectivity index (χ0) is 8.27. The van der Waals surface area contributed by atoms with E-state index in [0.29, 0.717) is 0 Å². The average molecular weight is 167 g/mol. The first kappa shape index (κ1) is 8.62. The van der Waals surface area contributed by atoms with Gasteiger partial charge in [-0.3, -0.25) is 0 Å². The molecule has 0 saturated carbocycles. The summed E-state index contributed by atoms with van der Waals surface area (Å²) in [5.41, 5.74) is 2.49. The van der Waals surface area contributed by atoms with Crippen LogP contribution in [-0.4, -0.2) is 7.05 Å². The fourth-order valence-electron chi connectivity index (χ4n) is 0.915. The van der Waals surface area contributed by atoms with Gasteiger partial charge in [0.2, 0.25) is 0 Å². The molecule has 0 spiro atoms. The molecule has 0 aliphatic rings. The molecule has 0 heterocycles. The number of hydrogen-bond donors (Lipinski definition) is 2. The van der Waals surface area contributed by atoms with Crippen molar-refractivity contribution in [3.05, 3.63) is 35.4 Å². The molecule has 0 fully saturated rings. The molecule has 1 unspecified atom stereocenters. The Morgan fingerprint density at radius 2 is 1.82 bits per heavy atom. The summed E-state index contributed by atoms with van der Waals surface area (Å²) in [5.74, 6) is 0. The minimum Gasteiger partial charge on any atom is -0.305 e. The Balaban J connectivity index is 2.81. The quantitative estimate of drug-likeness (QED) is 0.508. The second-order valence-corrected chi connectivity index (χ2v) is 3.12. The number of rotatable bonds is 2. The van der Waals surface area contributed by atoms with E-state index in [9.17, 15) is 0 Å². The van der Waals surface area contributed by atoms with E-state index in [-0.39, 0.29) is 5.37 Å². The minimum absolute atomic E-state index is 0.149. The van der Waals surface area contributed by atoms with Gasteiger partial charge in [-0.2, -0.15) is 12.6 Å². The Morgan fingerprint density at radius 3 is 2.27 bits per heavy atom. The summed E-state index contributed by atoms with van der Waals surface area (Å²) in [5, 5.41) is 3.21. The average Bonchev–Trinajstić information content (AvgIpc) is 2.05. The van der Waals surface area contributed by atoms with Crippen LogP contribution < -0.4 is 5.32 Å². The van der Waals surface area contributed by atoms with E-state index in [1.54, 1.807) is 0 Å². The fourth-order valence-corrected chi connectivity index (χ4v) is 1.09. The van der Waals surface area contributed by atoms with Gasteiger partial charge in [-0.05, 0) is 19.5 Å². The van der Waals surface area contributed by atoms with E-state index in [0.717, 1.165) is 0 Å². The highest BCUT2D eigenvalue weighted by atomic mass is 32.1.